The predicted octanol–water partition coefficient (Wildman–Crippen LogP) is 4.76. The van der Waals surface area contributed by atoms with Gasteiger partial charge < -0.3 is 14.8 Å². The topological polar surface area (TPSA) is 86.4 Å². The lowest BCUT2D eigenvalue weighted by Crippen LogP contribution is -2.44. The fourth-order valence-electron chi connectivity index (χ4n) is 5.36. The summed E-state index contributed by atoms with van der Waals surface area (Å²) in [6.07, 6.45) is 3.04. The van der Waals surface area contributed by atoms with Crippen LogP contribution in [0.3, 0.4) is 0 Å². The summed E-state index contributed by atoms with van der Waals surface area (Å²) in [6.45, 7) is 3.75. The molecule has 3 heterocycles. The van der Waals surface area contributed by atoms with Crippen molar-refractivity contribution >= 4 is 23.4 Å². The molecular weight excluding hydrogens is 488 g/mol. The number of fused-ring (bicyclic) bond motifs is 1. The minimum atomic E-state index is -0.398. The van der Waals surface area contributed by atoms with Gasteiger partial charge in [0.2, 0.25) is 11.8 Å². The van der Waals surface area contributed by atoms with Gasteiger partial charge in [0.15, 0.2) is 0 Å². The lowest BCUT2D eigenvalue weighted by Gasteiger charge is -2.35. The Morgan fingerprint density at radius 3 is 2.57 bits per heavy atom. The molecule has 2 atom stereocenters. The fraction of sp³-hybridized carbons (Fsp3) is 0.379. The van der Waals surface area contributed by atoms with Gasteiger partial charge in [0.1, 0.15) is 5.82 Å². The molecule has 0 aliphatic carbocycles. The van der Waals surface area contributed by atoms with Crippen LogP contribution in [0.15, 0.2) is 59.4 Å². The third-order valence-electron chi connectivity index (χ3n) is 7.34. The summed E-state index contributed by atoms with van der Waals surface area (Å²) >= 11 is 6.03. The van der Waals surface area contributed by atoms with Gasteiger partial charge in [-0.25, -0.2) is 4.98 Å². The first-order chi connectivity index (χ1) is 17.9. The monoisotopic (exact) mass is 518 g/mol. The highest BCUT2D eigenvalue weighted by atomic mass is 35.5. The van der Waals surface area contributed by atoms with E-state index in [9.17, 15) is 14.4 Å². The van der Waals surface area contributed by atoms with Crippen LogP contribution in [0, 0.1) is 5.92 Å². The van der Waals surface area contributed by atoms with Gasteiger partial charge in [0.25, 0.3) is 5.56 Å². The van der Waals surface area contributed by atoms with E-state index >= 15 is 0 Å². The number of unbranched alkanes of at least 4 members (excludes halogenated alkanes) is 1. The predicted molar refractivity (Wildman–Crippen MR) is 143 cm³/mol. The molecule has 7 nitrogen and oxygen atoms in total. The molecule has 5 rings (SSSR count). The number of H-pyrrole nitrogens is 1. The Bertz CT molecular complexity index is 1340. The summed E-state index contributed by atoms with van der Waals surface area (Å²) in [4.78, 5) is 50.8. The van der Waals surface area contributed by atoms with Crippen molar-refractivity contribution < 1.29 is 9.59 Å². The van der Waals surface area contributed by atoms with E-state index in [1.54, 1.807) is 21.9 Å². The molecule has 3 aromatic rings. The van der Waals surface area contributed by atoms with Crippen molar-refractivity contribution in [3.8, 4) is 11.4 Å². The van der Waals surface area contributed by atoms with Gasteiger partial charge in [0.05, 0.1) is 23.7 Å². The minimum Gasteiger partial charge on any atom is -0.338 e. The molecule has 2 aromatic carbocycles. The van der Waals surface area contributed by atoms with Crippen molar-refractivity contribution in [3.63, 3.8) is 0 Å². The maximum atomic E-state index is 13.6. The Kier molecular flexibility index (Phi) is 7.42. The first-order valence-corrected chi connectivity index (χ1v) is 13.3. The second-order valence-corrected chi connectivity index (χ2v) is 10.4. The Morgan fingerprint density at radius 1 is 1.08 bits per heavy atom. The average Bonchev–Trinajstić information content (AvgIpc) is 3.27. The lowest BCUT2D eigenvalue weighted by atomic mass is 9.90. The van der Waals surface area contributed by atoms with E-state index in [0.29, 0.717) is 36.0 Å². The van der Waals surface area contributed by atoms with Crippen molar-refractivity contribution in [1.82, 2.24) is 19.8 Å². The quantitative estimate of drug-likeness (QED) is 0.489. The highest BCUT2D eigenvalue weighted by Crippen LogP contribution is 2.32. The smallest absolute Gasteiger partial charge is 0.256 e. The van der Waals surface area contributed by atoms with Crippen molar-refractivity contribution in [2.75, 3.05) is 13.1 Å². The molecule has 0 bridgehead atoms. The van der Waals surface area contributed by atoms with Gasteiger partial charge in [-0.1, -0.05) is 61.7 Å². The van der Waals surface area contributed by atoms with E-state index in [2.05, 4.69) is 11.9 Å². The van der Waals surface area contributed by atoms with Crippen molar-refractivity contribution in [2.45, 2.75) is 51.6 Å². The average molecular weight is 519 g/mol. The van der Waals surface area contributed by atoms with Crippen LogP contribution >= 0.6 is 11.6 Å². The lowest BCUT2D eigenvalue weighted by molar-refractivity contribution is -0.137. The van der Waals surface area contributed by atoms with E-state index in [1.165, 1.54) is 0 Å². The van der Waals surface area contributed by atoms with Crippen LogP contribution in [-0.4, -0.2) is 44.7 Å². The molecule has 0 spiro atoms. The molecule has 2 amide bonds. The van der Waals surface area contributed by atoms with Crippen molar-refractivity contribution in [3.05, 3.63) is 86.8 Å². The number of hydrogen-bond donors (Lipinski definition) is 1. The van der Waals surface area contributed by atoms with E-state index in [-0.39, 0.29) is 36.3 Å². The minimum absolute atomic E-state index is 0.00531. The summed E-state index contributed by atoms with van der Waals surface area (Å²) in [7, 11) is 0. The zero-order valence-corrected chi connectivity index (χ0v) is 21.7. The fourth-order valence-corrected chi connectivity index (χ4v) is 5.48. The van der Waals surface area contributed by atoms with Crippen LogP contribution < -0.4 is 5.56 Å². The first kappa shape index (κ1) is 25.2. The van der Waals surface area contributed by atoms with Gasteiger partial charge in [-0.05, 0) is 36.2 Å². The number of hydrogen-bond acceptors (Lipinski definition) is 4. The highest BCUT2D eigenvalue weighted by Gasteiger charge is 2.39. The zero-order chi connectivity index (χ0) is 25.9. The van der Waals surface area contributed by atoms with Crippen LogP contribution in [0.5, 0.6) is 0 Å². The third-order valence-corrected chi connectivity index (χ3v) is 7.59. The molecule has 0 radical (unpaired) electrons. The van der Waals surface area contributed by atoms with Gasteiger partial charge in [-0.3, -0.25) is 14.4 Å². The maximum Gasteiger partial charge on any atom is 0.256 e. The van der Waals surface area contributed by atoms with E-state index in [0.717, 1.165) is 36.1 Å². The summed E-state index contributed by atoms with van der Waals surface area (Å²) in [5.41, 5.74) is 2.94. The standard InChI is InChI=1S/C29H31ClN4O3/c1-2-3-9-21-16-34(29(37)22-14-25(35)33(17-22)15-19-7-5-4-6-8-19)18-24-26(21)31-27(32-28(24)36)20-10-12-23(30)13-11-20/h4-8,10-13,21-22H,2-3,9,14-18H2,1H3,(H,31,32,36). The van der Waals surface area contributed by atoms with Gasteiger partial charge in [-0.2, -0.15) is 0 Å². The summed E-state index contributed by atoms with van der Waals surface area (Å²) in [6, 6.07) is 17.0. The second-order valence-electron chi connectivity index (χ2n) is 10.0. The summed E-state index contributed by atoms with van der Waals surface area (Å²) < 4.78 is 0. The number of carbonyl (C=O) groups excluding carboxylic acids is 2. The largest absolute Gasteiger partial charge is 0.338 e. The maximum absolute atomic E-state index is 13.6. The number of aromatic nitrogens is 2. The van der Waals surface area contributed by atoms with Crippen LogP contribution in [-0.2, 0) is 22.7 Å². The van der Waals surface area contributed by atoms with Crippen LogP contribution in [0.1, 0.15) is 55.3 Å². The summed E-state index contributed by atoms with van der Waals surface area (Å²) in [5.74, 6) is 0.0228. The van der Waals surface area contributed by atoms with Gasteiger partial charge in [-0.15, -0.1) is 0 Å². The number of aromatic amines is 1. The molecule has 2 unspecified atom stereocenters. The Balaban J connectivity index is 1.37. The number of nitrogens with one attached hydrogen (secondary N) is 1. The second kappa shape index (κ2) is 10.9. The van der Waals surface area contributed by atoms with Crippen LogP contribution in [0.4, 0.5) is 0 Å². The normalized spacial score (nSPS) is 19.2. The molecule has 2 aliphatic rings. The third kappa shape index (κ3) is 5.47. The van der Waals surface area contributed by atoms with E-state index in [4.69, 9.17) is 16.6 Å². The molecule has 37 heavy (non-hydrogen) atoms. The molecule has 2 aliphatic heterocycles. The number of rotatable bonds is 7. The van der Waals surface area contributed by atoms with Crippen LogP contribution in [0.25, 0.3) is 11.4 Å². The van der Waals surface area contributed by atoms with E-state index in [1.807, 2.05) is 42.5 Å². The number of benzene rings is 2. The number of likely N-dealkylation sites (tertiary alicyclic amines) is 1. The van der Waals surface area contributed by atoms with Gasteiger partial charge >= 0.3 is 0 Å². The Labute approximate surface area is 221 Å². The van der Waals surface area contributed by atoms with Crippen LogP contribution in [0.2, 0.25) is 5.02 Å². The summed E-state index contributed by atoms with van der Waals surface area (Å²) in [5, 5.41) is 0.617. The zero-order valence-electron chi connectivity index (χ0n) is 21.0. The number of nitrogens with zero attached hydrogens (tertiary/aromatic N) is 3. The highest BCUT2D eigenvalue weighted by molar-refractivity contribution is 6.30. The number of amides is 2. The molecule has 1 saturated heterocycles. The Morgan fingerprint density at radius 2 is 1.84 bits per heavy atom. The van der Waals surface area contributed by atoms with Gasteiger partial charge in [0, 0.05) is 42.6 Å². The number of halogens is 1. The molecule has 1 N–H and O–H groups in total. The molecule has 1 fully saturated rings. The molecule has 0 saturated carbocycles. The Hall–Kier alpha value is -3.45. The molecule has 8 heteroatoms. The SMILES string of the molecule is CCCCC1CN(C(=O)C2CC(=O)N(Cc3ccccc3)C2)Cc2c1nc(-c1ccc(Cl)cc1)[nH]c2=O. The van der Waals surface area contributed by atoms with E-state index < -0.39 is 5.92 Å². The number of carbonyl (C=O) groups is 2. The molecule has 1 aromatic heterocycles. The molecular formula is C29H31ClN4O3. The van der Waals surface area contributed by atoms with Crippen molar-refractivity contribution in [1.29, 1.82) is 0 Å². The van der Waals surface area contributed by atoms with Crippen molar-refractivity contribution in [2.24, 2.45) is 5.92 Å². The first-order valence-electron chi connectivity index (χ1n) is 12.9. The molecule has 192 valence electrons.